The number of benzene rings is 1. The highest BCUT2D eigenvalue weighted by molar-refractivity contribution is 8.23. The van der Waals surface area contributed by atoms with Crippen LogP contribution in [0.5, 0.6) is 0 Å². The van der Waals surface area contributed by atoms with E-state index in [2.05, 4.69) is 24.3 Å². The fraction of sp³-hybridized carbons (Fsp3) is 0.478. The number of nitrogens with zero attached hydrogens (tertiary/aromatic N) is 3. The fourth-order valence-corrected chi connectivity index (χ4v) is 7.22. The van der Waals surface area contributed by atoms with Crippen molar-refractivity contribution in [2.24, 2.45) is 0 Å². The number of hydrogen-bond acceptors (Lipinski definition) is 7. The predicted molar refractivity (Wildman–Crippen MR) is 141 cm³/mol. The number of aliphatic carboxylic acids is 1. The smallest absolute Gasteiger partial charge is 0.253 e. The van der Waals surface area contributed by atoms with Gasteiger partial charge >= 0.3 is 0 Å². The molecule has 3 aliphatic rings. The summed E-state index contributed by atoms with van der Waals surface area (Å²) in [5, 5.41) is 14.8. The van der Waals surface area contributed by atoms with Crippen LogP contribution in [0.3, 0.4) is 0 Å². The van der Waals surface area contributed by atoms with Gasteiger partial charge < -0.3 is 24.6 Å². The Morgan fingerprint density at radius 2 is 2.03 bits per heavy atom. The summed E-state index contributed by atoms with van der Waals surface area (Å²) < 4.78 is 1.69. The van der Waals surface area contributed by atoms with Crippen molar-refractivity contribution in [3.8, 4) is 0 Å². The molecule has 3 aliphatic heterocycles. The zero-order valence-corrected chi connectivity index (χ0v) is 22.7. The summed E-state index contributed by atoms with van der Waals surface area (Å²) in [6, 6.07) is 6.18. The SMILES string of the molecule is C[N+]1(C)CCN(C(=S)SCC2=C(C(=O)[O-])N3C(=O)[C@@H](NC(=O)Cc4cccc(Cl)c4)[C@H]3SC2)CC1. The van der Waals surface area contributed by atoms with Crippen molar-refractivity contribution in [1.82, 2.24) is 15.1 Å². The molecule has 188 valence electrons. The quantitative estimate of drug-likeness (QED) is 0.312. The average Bonchev–Trinajstić information content (AvgIpc) is 2.80. The number of carbonyl (C=O) groups is 3. The third-order valence-electron chi connectivity index (χ3n) is 6.39. The minimum Gasteiger partial charge on any atom is -0.543 e. The van der Waals surface area contributed by atoms with E-state index in [1.165, 1.54) is 28.4 Å². The van der Waals surface area contributed by atoms with E-state index < -0.39 is 23.3 Å². The van der Waals surface area contributed by atoms with Crippen LogP contribution < -0.4 is 10.4 Å². The van der Waals surface area contributed by atoms with E-state index in [0.29, 0.717) is 22.1 Å². The van der Waals surface area contributed by atoms with Gasteiger partial charge in [-0.25, -0.2) is 0 Å². The predicted octanol–water partition coefficient (Wildman–Crippen LogP) is 0.697. The second kappa shape index (κ2) is 10.7. The molecule has 12 heteroatoms. The van der Waals surface area contributed by atoms with E-state index >= 15 is 0 Å². The molecule has 3 heterocycles. The molecule has 0 aromatic heterocycles. The highest BCUT2D eigenvalue weighted by atomic mass is 35.5. The third kappa shape index (κ3) is 5.96. The van der Waals surface area contributed by atoms with Gasteiger partial charge in [0, 0.05) is 16.5 Å². The van der Waals surface area contributed by atoms with Gasteiger partial charge in [0.1, 0.15) is 15.7 Å². The number of nitrogens with one attached hydrogen (secondary N) is 1. The average molecular weight is 555 g/mol. The lowest BCUT2D eigenvalue weighted by atomic mass is 10.0. The van der Waals surface area contributed by atoms with Gasteiger partial charge in [-0.1, -0.05) is 47.7 Å². The molecule has 2 fully saturated rings. The number of amides is 2. The molecule has 0 saturated carbocycles. The van der Waals surface area contributed by atoms with Gasteiger partial charge in [0.25, 0.3) is 5.91 Å². The van der Waals surface area contributed by atoms with Crippen LogP contribution in [0.25, 0.3) is 0 Å². The number of thiocarbonyl (C=S) groups is 1. The number of carbonyl (C=O) groups excluding carboxylic acids is 3. The first kappa shape index (κ1) is 26.3. The lowest BCUT2D eigenvalue weighted by molar-refractivity contribution is -0.893. The van der Waals surface area contributed by atoms with Crippen LogP contribution in [-0.4, -0.2) is 99.6 Å². The van der Waals surface area contributed by atoms with Crippen LogP contribution in [0.1, 0.15) is 5.56 Å². The van der Waals surface area contributed by atoms with Gasteiger partial charge in [0.05, 0.1) is 58.4 Å². The lowest BCUT2D eigenvalue weighted by Crippen LogP contribution is -2.71. The zero-order valence-electron chi connectivity index (χ0n) is 19.5. The Hall–Kier alpha value is -1.79. The van der Waals surface area contributed by atoms with E-state index in [9.17, 15) is 19.5 Å². The summed E-state index contributed by atoms with van der Waals surface area (Å²) in [5.41, 5.74) is 1.26. The van der Waals surface area contributed by atoms with Crippen LogP contribution in [0, 0.1) is 0 Å². The molecule has 0 unspecified atom stereocenters. The van der Waals surface area contributed by atoms with Crippen LogP contribution in [0.4, 0.5) is 0 Å². The molecule has 8 nitrogen and oxygen atoms in total. The van der Waals surface area contributed by atoms with Crippen LogP contribution in [0.15, 0.2) is 35.5 Å². The number of β-lactam (4-membered cyclic amide) rings is 1. The topological polar surface area (TPSA) is 92.8 Å². The Bertz CT molecular complexity index is 1090. The summed E-state index contributed by atoms with van der Waals surface area (Å²) in [6.45, 7) is 3.72. The van der Waals surface area contributed by atoms with Gasteiger partial charge in [-0.15, -0.1) is 11.8 Å². The lowest BCUT2D eigenvalue weighted by Gasteiger charge is -2.51. The first-order chi connectivity index (χ1) is 16.6. The Balaban J connectivity index is 1.37. The van der Waals surface area contributed by atoms with E-state index in [-0.39, 0.29) is 18.0 Å². The summed E-state index contributed by atoms with van der Waals surface area (Å²) in [4.78, 5) is 40.7. The second-order valence-electron chi connectivity index (χ2n) is 9.43. The summed E-state index contributed by atoms with van der Waals surface area (Å²) in [6.07, 6.45) is 0.0802. The molecule has 0 bridgehead atoms. The van der Waals surface area contributed by atoms with Crippen molar-refractivity contribution >= 4 is 69.4 Å². The maximum atomic E-state index is 12.9. The standard InChI is InChI=1S/C23H27ClN4O4S3/c1-28(2)8-6-26(7-9-28)23(33)35-13-15-12-34-21-18(20(30)27(21)19(15)22(31)32)25-17(29)11-14-4-3-5-16(24)10-14/h3-5,10,18,21H,6-9,11-13H2,1-2H3,(H-,25,29,31,32)/t18-,21-/m1/s1. The van der Waals surface area contributed by atoms with Crippen molar-refractivity contribution in [3.05, 3.63) is 46.1 Å². The summed E-state index contributed by atoms with van der Waals surface area (Å²) in [7, 11) is 4.38. The molecule has 35 heavy (non-hydrogen) atoms. The van der Waals surface area contributed by atoms with Gasteiger partial charge in [0.2, 0.25) is 5.91 Å². The van der Waals surface area contributed by atoms with Gasteiger partial charge in [0.15, 0.2) is 0 Å². The highest BCUT2D eigenvalue weighted by Gasteiger charge is 2.52. The van der Waals surface area contributed by atoms with Crippen molar-refractivity contribution in [3.63, 3.8) is 0 Å². The minimum absolute atomic E-state index is 0.0802. The van der Waals surface area contributed by atoms with E-state index in [0.717, 1.165) is 40.5 Å². The molecule has 1 aromatic rings. The monoisotopic (exact) mass is 554 g/mol. The number of carboxylic acids is 1. The van der Waals surface area contributed by atoms with Crippen molar-refractivity contribution in [2.45, 2.75) is 17.8 Å². The van der Waals surface area contributed by atoms with Gasteiger partial charge in [-0.3, -0.25) is 14.5 Å². The van der Waals surface area contributed by atoms with Crippen molar-refractivity contribution in [1.29, 1.82) is 0 Å². The highest BCUT2D eigenvalue weighted by Crippen LogP contribution is 2.41. The van der Waals surface area contributed by atoms with Crippen LogP contribution in [-0.2, 0) is 20.8 Å². The van der Waals surface area contributed by atoms with Crippen molar-refractivity contribution < 1.29 is 24.0 Å². The summed E-state index contributed by atoms with van der Waals surface area (Å²) >= 11 is 14.4. The number of piperazine rings is 1. The first-order valence-electron chi connectivity index (χ1n) is 11.2. The molecule has 2 amide bonds. The Labute approximate surface area is 223 Å². The number of quaternary nitrogens is 1. The van der Waals surface area contributed by atoms with E-state index in [1.807, 2.05) is 0 Å². The molecule has 4 rings (SSSR count). The number of likely N-dealkylation sites (N-methyl/N-ethyl adjacent to an activating group) is 1. The van der Waals surface area contributed by atoms with E-state index in [4.69, 9.17) is 23.8 Å². The molecule has 0 spiro atoms. The zero-order chi connectivity index (χ0) is 25.3. The largest absolute Gasteiger partial charge is 0.543 e. The molecule has 1 N–H and O–H groups in total. The minimum atomic E-state index is -1.38. The molecule has 2 atom stereocenters. The maximum Gasteiger partial charge on any atom is 0.253 e. The van der Waals surface area contributed by atoms with E-state index in [1.54, 1.807) is 24.3 Å². The maximum absolute atomic E-state index is 12.9. The van der Waals surface area contributed by atoms with Crippen LogP contribution >= 0.6 is 47.3 Å². The molecule has 0 aliphatic carbocycles. The third-order valence-corrected chi connectivity index (χ3v) is 9.57. The molecular weight excluding hydrogens is 528 g/mol. The number of halogens is 1. The number of thioether (sulfide) groups is 2. The molecule has 0 radical (unpaired) electrons. The molecule has 2 saturated heterocycles. The number of hydrogen-bond donors (Lipinski definition) is 1. The number of rotatable bonds is 6. The van der Waals surface area contributed by atoms with Crippen LogP contribution in [0.2, 0.25) is 5.02 Å². The van der Waals surface area contributed by atoms with Gasteiger partial charge in [-0.2, -0.15) is 0 Å². The Morgan fingerprint density at radius 3 is 2.69 bits per heavy atom. The molecular formula is C23H27ClN4O4S3. The number of carboxylic acid groups (broad SMARTS) is 1. The Kier molecular flexibility index (Phi) is 8.02. The summed E-state index contributed by atoms with van der Waals surface area (Å²) in [5.74, 6) is -1.34. The van der Waals surface area contributed by atoms with Crippen molar-refractivity contribution in [2.75, 3.05) is 51.8 Å². The molecule has 1 aromatic carbocycles. The van der Waals surface area contributed by atoms with Gasteiger partial charge in [-0.05, 0) is 23.3 Å². The normalized spacial score (nSPS) is 23.5. The number of fused-ring (bicyclic) bond motifs is 1. The first-order valence-corrected chi connectivity index (χ1v) is 14.0. The second-order valence-corrected chi connectivity index (χ2v) is 12.6. The Morgan fingerprint density at radius 1 is 1.31 bits per heavy atom. The fourth-order valence-electron chi connectivity index (χ4n) is 4.27.